The van der Waals surface area contributed by atoms with E-state index >= 15 is 0 Å². The largest absolute Gasteiger partial charge is 0.328 e. The maximum absolute atomic E-state index is 14.1. The van der Waals surface area contributed by atoms with Crippen molar-refractivity contribution >= 4 is 33.6 Å². The molecule has 2 amide bonds. The molecule has 1 aliphatic carbocycles. The molecule has 2 aromatic rings. The van der Waals surface area contributed by atoms with Crippen molar-refractivity contribution in [2.75, 3.05) is 18.4 Å². The quantitative estimate of drug-likeness (QED) is 0.789. The van der Waals surface area contributed by atoms with E-state index in [9.17, 15) is 14.0 Å². The minimum absolute atomic E-state index is 0.0954. The summed E-state index contributed by atoms with van der Waals surface area (Å²) in [4.78, 5) is 30.7. The third-order valence-electron chi connectivity index (χ3n) is 5.30. The molecule has 4 rings (SSSR count). The summed E-state index contributed by atoms with van der Waals surface area (Å²) in [5.41, 5.74) is 1.98. The van der Waals surface area contributed by atoms with Crippen molar-refractivity contribution < 1.29 is 14.0 Å². The summed E-state index contributed by atoms with van der Waals surface area (Å²) in [5, 5.41) is 11.3. The lowest BCUT2D eigenvalue weighted by molar-refractivity contribution is -0.117. The number of hydrogen-bond donors (Lipinski definition) is 1. The van der Waals surface area contributed by atoms with Crippen molar-refractivity contribution in [2.45, 2.75) is 25.2 Å². The topological polar surface area (TPSA) is 86.1 Å². The summed E-state index contributed by atoms with van der Waals surface area (Å²) in [5.74, 6) is -1.76. The SMILES string of the molecule is Cc1nc(NC(=O)CN2CC3(CC3)c3cc(Br)ccc3C2=O)c(F)cc1C#N. The third kappa shape index (κ3) is 3.16. The van der Waals surface area contributed by atoms with Gasteiger partial charge in [-0.25, -0.2) is 9.37 Å². The highest BCUT2D eigenvalue weighted by molar-refractivity contribution is 9.10. The number of pyridine rings is 1. The van der Waals surface area contributed by atoms with Crippen LogP contribution in [0.4, 0.5) is 10.2 Å². The van der Waals surface area contributed by atoms with Crippen LogP contribution in [0, 0.1) is 24.1 Å². The number of nitrogens with zero attached hydrogens (tertiary/aromatic N) is 3. The number of carbonyl (C=O) groups is 2. The number of carbonyl (C=O) groups excluding carboxylic acids is 2. The molecule has 2 heterocycles. The normalized spacial score (nSPS) is 16.5. The Labute approximate surface area is 169 Å². The Kier molecular flexibility index (Phi) is 4.42. The Morgan fingerprint density at radius 1 is 1.43 bits per heavy atom. The summed E-state index contributed by atoms with van der Waals surface area (Å²) >= 11 is 3.45. The smallest absolute Gasteiger partial charge is 0.254 e. The average molecular weight is 443 g/mol. The number of aromatic nitrogens is 1. The number of rotatable bonds is 3. The zero-order valence-corrected chi connectivity index (χ0v) is 16.6. The molecule has 1 fully saturated rings. The average Bonchev–Trinajstić information content (AvgIpc) is 3.42. The first-order valence-corrected chi connectivity index (χ1v) is 9.59. The van der Waals surface area contributed by atoms with E-state index in [-0.39, 0.29) is 29.2 Å². The Hall–Kier alpha value is -2.79. The number of aryl methyl sites for hydroxylation is 1. The van der Waals surface area contributed by atoms with Crippen molar-refractivity contribution in [3.8, 4) is 6.07 Å². The van der Waals surface area contributed by atoms with Crippen LogP contribution in [0.2, 0.25) is 0 Å². The first-order valence-electron chi connectivity index (χ1n) is 8.79. The van der Waals surface area contributed by atoms with Gasteiger partial charge in [0.15, 0.2) is 11.6 Å². The van der Waals surface area contributed by atoms with Crippen LogP contribution in [0.3, 0.4) is 0 Å². The van der Waals surface area contributed by atoms with Crippen LogP contribution in [0.1, 0.15) is 40.0 Å². The molecule has 0 saturated heterocycles. The molecule has 1 aromatic carbocycles. The fourth-order valence-electron chi connectivity index (χ4n) is 3.67. The fourth-order valence-corrected chi connectivity index (χ4v) is 4.03. The molecule has 1 aliphatic heterocycles. The second-order valence-corrected chi connectivity index (χ2v) is 8.16. The molecule has 1 N–H and O–H groups in total. The van der Waals surface area contributed by atoms with Gasteiger partial charge in [0, 0.05) is 22.0 Å². The van der Waals surface area contributed by atoms with Crippen LogP contribution < -0.4 is 5.32 Å². The fraction of sp³-hybridized carbons (Fsp3) is 0.300. The van der Waals surface area contributed by atoms with Gasteiger partial charge in [-0.1, -0.05) is 15.9 Å². The van der Waals surface area contributed by atoms with Gasteiger partial charge in [0.1, 0.15) is 12.6 Å². The number of anilines is 1. The number of halogens is 2. The Morgan fingerprint density at radius 3 is 2.86 bits per heavy atom. The molecule has 28 heavy (non-hydrogen) atoms. The predicted octanol–water partition coefficient (Wildman–Crippen LogP) is 3.29. The van der Waals surface area contributed by atoms with Crippen molar-refractivity contribution in [1.29, 1.82) is 5.26 Å². The van der Waals surface area contributed by atoms with Crippen molar-refractivity contribution in [2.24, 2.45) is 0 Å². The highest BCUT2D eigenvalue weighted by atomic mass is 79.9. The number of benzene rings is 1. The molecule has 142 valence electrons. The third-order valence-corrected chi connectivity index (χ3v) is 5.79. The highest BCUT2D eigenvalue weighted by Gasteiger charge is 2.51. The summed E-state index contributed by atoms with van der Waals surface area (Å²) in [6, 6.07) is 8.46. The van der Waals surface area contributed by atoms with Gasteiger partial charge in [-0.3, -0.25) is 9.59 Å². The van der Waals surface area contributed by atoms with Crippen LogP contribution in [0.25, 0.3) is 0 Å². The minimum atomic E-state index is -0.783. The summed E-state index contributed by atoms with van der Waals surface area (Å²) in [6.45, 7) is 1.84. The van der Waals surface area contributed by atoms with Gasteiger partial charge in [0.25, 0.3) is 5.91 Å². The molecule has 1 saturated carbocycles. The van der Waals surface area contributed by atoms with E-state index in [0.717, 1.165) is 28.9 Å². The maximum Gasteiger partial charge on any atom is 0.254 e. The molecule has 1 spiro atoms. The molecule has 0 atom stereocenters. The van der Waals surface area contributed by atoms with Gasteiger partial charge in [0.05, 0.1) is 11.3 Å². The van der Waals surface area contributed by atoms with Crippen molar-refractivity contribution in [1.82, 2.24) is 9.88 Å². The molecular formula is C20H16BrFN4O2. The second-order valence-electron chi connectivity index (χ2n) is 7.24. The zero-order valence-electron chi connectivity index (χ0n) is 15.1. The van der Waals surface area contributed by atoms with Crippen molar-refractivity contribution in [3.05, 3.63) is 56.9 Å². The number of nitriles is 1. The first-order chi connectivity index (χ1) is 13.3. The Bertz CT molecular complexity index is 1060. The number of nitrogens with one attached hydrogen (secondary N) is 1. The molecule has 6 nitrogen and oxygen atoms in total. The first kappa shape index (κ1) is 18.6. The van der Waals surface area contributed by atoms with Crippen LogP contribution in [0.15, 0.2) is 28.7 Å². The van der Waals surface area contributed by atoms with E-state index in [1.54, 1.807) is 13.0 Å². The second kappa shape index (κ2) is 6.67. The van der Waals surface area contributed by atoms with Gasteiger partial charge in [-0.2, -0.15) is 5.26 Å². The predicted molar refractivity (Wildman–Crippen MR) is 103 cm³/mol. The lowest BCUT2D eigenvalue weighted by Crippen LogP contribution is -2.46. The van der Waals surface area contributed by atoms with Gasteiger partial charge in [-0.05, 0) is 49.6 Å². The van der Waals surface area contributed by atoms with Gasteiger partial charge < -0.3 is 10.2 Å². The number of fused-ring (bicyclic) bond motifs is 2. The number of hydrogen-bond acceptors (Lipinski definition) is 4. The van der Waals surface area contributed by atoms with Gasteiger partial charge in [0.2, 0.25) is 5.91 Å². The Balaban J connectivity index is 1.53. The van der Waals surface area contributed by atoms with E-state index in [4.69, 9.17) is 5.26 Å². The monoisotopic (exact) mass is 442 g/mol. The van der Waals surface area contributed by atoms with E-state index in [1.807, 2.05) is 18.2 Å². The van der Waals surface area contributed by atoms with Gasteiger partial charge in [-0.15, -0.1) is 0 Å². The van der Waals surface area contributed by atoms with Crippen molar-refractivity contribution in [3.63, 3.8) is 0 Å². The van der Waals surface area contributed by atoms with Crippen LogP contribution in [-0.2, 0) is 10.2 Å². The summed E-state index contributed by atoms with van der Waals surface area (Å²) < 4.78 is 15.0. The molecule has 0 unspecified atom stereocenters. The van der Waals surface area contributed by atoms with Crippen LogP contribution in [0.5, 0.6) is 0 Å². The zero-order chi connectivity index (χ0) is 20.1. The minimum Gasteiger partial charge on any atom is -0.328 e. The molecule has 8 heteroatoms. The summed E-state index contributed by atoms with van der Waals surface area (Å²) in [6.07, 6.45) is 1.93. The molecule has 0 bridgehead atoms. The highest BCUT2D eigenvalue weighted by Crippen LogP contribution is 2.52. The molecule has 0 radical (unpaired) electrons. The van der Waals surface area contributed by atoms with E-state index in [2.05, 4.69) is 26.2 Å². The van der Waals surface area contributed by atoms with E-state index in [1.165, 1.54) is 4.90 Å². The Morgan fingerprint density at radius 2 is 2.18 bits per heavy atom. The lowest BCUT2D eigenvalue weighted by atomic mass is 9.86. The maximum atomic E-state index is 14.1. The summed E-state index contributed by atoms with van der Waals surface area (Å²) in [7, 11) is 0. The standard InChI is InChI=1S/C20H16BrFN4O2/c1-11-12(8-23)6-16(22)18(24-11)25-17(27)9-26-10-20(4-5-20)15-7-13(21)2-3-14(15)19(26)28/h2-3,6-7H,4-5,9-10H2,1H3,(H,24,25,27). The number of amides is 2. The van der Waals surface area contributed by atoms with E-state index in [0.29, 0.717) is 17.8 Å². The van der Waals surface area contributed by atoms with E-state index < -0.39 is 11.7 Å². The van der Waals surface area contributed by atoms with Crippen LogP contribution in [-0.4, -0.2) is 34.8 Å². The van der Waals surface area contributed by atoms with Gasteiger partial charge >= 0.3 is 0 Å². The molecular weight excluding hydrogens is 427 g/mol. The molecule has 2 aliphatic rings. The molecule has 1 aromatic heterocycles. The lowest BCUT2D eigenvalue weighted by Gasteiger charge is -2.34. The van der Waals surface area contributed by atoms with Crippen LogP contribution >= 0.6 is 15.9 Å².